The highest BCUT2D eigenvalue weighted by Crippen LogP contribution is 2.22. The first-order chi connectivity index (χ1) is 8.68. The quantitative estimate of drug-likeness (QED) is 0.888. The zero-order valence-corrected chi connectivity index (χ0v) is 11.3. The lowest BCUT2D eigenvalue weighted by molar-refractivity contribution is -0.119. The van der Waals surface area contributed by atoms with Gasteiger partial charge >= 0.3 is 0 Å². The van der Waals surface area contributed by atoms with E-state index in [0.29, 0.717) is 12.3 Å². The maximum atomic E-state index is 12.3. The summed E-state index contributed by atoms with van der Waals surface area (Å²) in [5, 5.41) is 3.33. The van der Waals surface area contributed by atoms with Crippen LogP contribution in [0.1, 0.15) is 24.8 Å². The number of carbonyl (C=O) groups excluding carboxylic acids is 1. The molecule has 3 heteroatoms. The number of rotatable bonds is 3. The van der Waals surface area contributed by atoms with Crippen LogP contribution in [0.2, 0.25) is 0 Å². The molecule has 18 heavy (non-hydrogen) atoms. The minimum absolute atomic E-state index is 0.233. The number of nitrogens with zero attached hydrogens (tertiary/aromatic N) is 1. The number of benzene rings is 1. The number of para-hydroxylation sites is 1. The Bertz CT molecular complexity index is 411. The van der Waals surface area contributed by atoms with Gasteiger partial charge in [-0.15, -0.1) is 0 Å². The number of hydrogen-bond acceptors (Lipinski definition) is 2. The molecule has 3 nitrogen and oxygen atoms in total. The Balaban J connectivity index is 1.98. The summed E-state index contributed by atoms with van der Waals surface area (Å²) in [5.41, 5.74) is 2.18. The van der Waals surface area contributed by atoms with Gasteiger partial charge in [-0.05, 0) is 50.4 Å². The van der Waals surface area contributed by atoms with Crippen molar-refractivity contribution in [3.63, 3.8) is 0 Å². The Morgan fingerprint density at radius 3 is 2.67 bits per heavy atom. The number of aryl methyl sites for hydroxylation is 1. The van der Waals surface area contributed by atoms with Crippen molar-refractivity contribution >= 4 is 11.6 Å². The summed E-state index contributed by atoms with van der Waals surface area (Å²) in [6, 6.07) is 8.04. The second kappa shape index (κ2) is 6.01. The van der Waals surface area contributed by atoms with E-state index in [9.17, 15) is 4.79 Å². The average molecular weight is 246 g/mol. The topological polar surface area (TPSA) is 32.3 Å². The molecule has 1 amide bonds. The van der Waals surface area contributed by atoms with Gasteiger partial charge in [-0.1, -0.05) is 18.2 Å². The molecule has 1 aliphatic heterocycles. The molecule has 0 spiro atoms. The SMILES string of the molecule is Cc1ccccc1N(C)C(=O)CC1CCNCC1. The zero-order valence-electron chi connectivity index (χ0n) is 11.3. The summed E-state index contributed by atoms with van der Waals surface area (Å²) in [6.45, 7) is 4.14. The molecule has 1 aromatic carbocycles. The van der Waals surface area contributed by atoms with Crippen molar-refractivity contribution in [2.45, 2.75) is 26.2 Å². The Hall–Kier alpha value is -1.35. The van der Waals surface area contributed by atoms with Crippen molar-refractivity contribution in [2.75, 3.05) is 25.0 Å². The predicted molar refractivity (Wildman–Crippen MR) is 74.8 cm³/mol. The summed E-state index contributed by atoms with van der Waals surface area (Å²) in [6.07, 6.45) is 2.91. The van der Waals surface area contributed by atoms with Gasteiger partial charge in [0.2, 0.25) is 5.91 Å². The smallest absolute Gasteiger partial charge is 0.227 e. The van der Waals surface area contributed by atoms with Crippen molar-refractivity contribution in [1.82, 2.24) is 5.32 Å². The summed E-state index contributed by atoms with van der Waals surface area (Å²) in [4.78, 5) is 14.1. The third-order valence-electron chi connectivity index (χ3n) is 3.77. The molecule has 1 aromatic rings. The molecular formula is C15H22N2O. The molecule has 1 fully saturated rings. The average Bonchev–Trinajstić information content (AvgIpc) is 2.39. The molecular weight excluding hydrogens is 224 g/mol. The lowest BCUT2D eigenvalue weighted by Crippen LogP contribution is -2.33. The highest BCUT2D eigenvalue weighted by molar-refractivity contribution is 5.93. The number of piperidine rings is 1. The van der Waals surface area contributed by atoms with Crippen LogP contribution in [-0.2, 0) is 4.79 Å². The molecule has 1 N–H and O–H groups in total. The first-order valence-electron chi connectivity index (χ1n) is 6.71. The van der Waals surface area contributed by atoms with Gasteiger partial charge in [0.05, 0.1) is 0 Å². The van der Waals surface area contributed by atoms with Crippen molar-refractivity contribution in [3.8, 4) is 0 Å². The van der Waals surface area contributed by atoms with Crippen molar-refractivity contribution in [1.29, 1.82) is 0 Å². The van der Waals surface area contributed by atoms with Crippen molar-refractivity contribution < 1.29 is 4.79 Å². The van der Waals surface area contributed by atoms with E-state index < -0.39 is 0 Å². The number of amides is 1. The Labute approximate surface area is 109 Å². The van der Waals surface area contributed by atoms with E-state index in [-0.39, 0.29) is 5.91 Å². The third-order valence-corrected chi connectivity index (χ3v) is 3.77. The van der Waals surface area contributed by atoms with E-state index in [1.807, 2.05) is 38.2 Å². The highest BCUT2D eigenvalue weighted by atomic mass is 16.2. The molecule has 0 radical (unpaired) electrons. The van der Waals surface area contributed by atoms with E-state index in [2.05, 4.69) is 5.32 Å². The zero-order chi connectivity index (χ0) is 13.0. The van der Waals surface area contributed by atoms with E-state index in [0.717, 1.165) is 37.2 Å². The van der Waals surface area contributed by atoms with Crippen LogP contribution in [0.4, 0.5) is 5.69 Å². The van der Waals surface area contributed by atoms with E-state index >= 15 is 0 Å². The fourth-order valence-corrected chi connectivity index (χ4v) is 2.54. The number of anilines is 1. The summed E-state index contributed by atoms with van der Waals surface area (Å²) in [7, 11) is 1.88. The molecule has 0 aliphatic carbocycles. The van der Waals surface area contributed by atoms with Gasteiger partial charge in [0, 0.05) is 19.2 Å². The Kier molecular flexibility index (Phi) is 4.37. The van der Waals surface area contributed by atoms with Gasteiger partial charge in [0.15, 0.2) is 0 Å². The maximum Gasteiger partial charge on any atom is 0.227 e. The first-order valence-corrected chi connectivity index (χ1v) is 6.71. The summed E-state index contributed by atoms with van der Waals surface area (Å²) < 4.78 is 0. The number of carbonyl (C=O) groups is 1. The molecule has 2 rings (SSSR count). The van der Waals surface area contributed by atoms with Crippen LogP contribution in [-0.4, -0.2) is 26.0 Å². The molecule has 0 saturated carbocycles. The fraction of sp³-hybridized carbons (Fsp3) is 0.533. The second-order valence-corrected chi connectivity index (χ2v) is 5.14. The van der Waals surface area contributed by atoms with Crippen LogP contribution in [0.25, 0.3) is 0 Å². The van der Waals surface area contributed by atoms with Gasteiger partial charge in [0.25, 0.3) is 0 Å². The van der Waals surface area contributed by atoms with Gasteiger partial charge in [-0.3, -0.25) is 4.79 Å². The number of hydrogen-bond donors (Lipinski definition) is 1. The van der Waals surface area contributed by atoms with Gasteiger partial charge in [-0.2, -0.15) is 0 Å². The van der Waals surface area contributed by atoms with Crippen LogP contribution in [0.3, 0.4) is 0 Å². The van der Waals surface area contributed by atoms with Gasteiger partial charge in [-0.25, -0.2) is 0 Å². The van der Waals surface area contributed by atoms with Crippen molar-refractivity contribution in [2.24, 2.45) is 5.92 Å². The molecule has 0 unspecified atom stereocenters. The van der Waals surface area contributed by atoms with Gasteiger partial charge < -0.3 is 10.2 Å². The normalized spacial score (nSPS) is 16.6. The minimum atomic E-state index is 0.233. The van der Waals surface area contributed by atoms with Crippen LogP contribution >= 0.6 is 0 Å². The maximum absolute atomic E-state index is 12.3. The Morgan fingerprint density at radius 2 is 2.00 bits per heavy atom. The largest absolute Gasteiger partial charge is 0.317 e. The minimum Gasteiger partial charge on any atom is -0.317 e. The first kappa shape index (κ1) is 13.1. The predicted octanol–water partition coefficient (Wildman–Crippen LogP) is 2.35. The van der Waals surface area contributed by atoms with Gasteiger partial charge in [0.1, 0.15) is 0 Å². The van der Waals surface area contributed by atoms with Crippen LogP contribution in [0.5, 0.6) is 0 Å². The standard InChI is InChI=1S/C15H22N2O/c1-12-5-3-4-6-14(12)17(2)15(18)11-13-7-9-16-10-8-13/h3-6,13,16H,7-11H2,1-2H3. The van der Waals surface area contributed by atoms with Crippen LogP contribution in [0.15, 0.2) is 24.3 Å². The third kappa shape index (κ3) is 3.10. The highest BCUT2D eigenvalue weighted by Gasteiger charge is 2.20. The van der Waals surface area contributed by atoms with E-state index in [1.165, 1.54) is 0 Å². The Morgan fingerprint density at radius 1 is 1.33 bits per heavy atom. The molecule has 98 valence electrons. The lowest BCUT2D eigenvalue weighted by Gasteiger charge is -2.25. The molecule has 0 bridgehead atoms. The second-order valence-electron chi connectivity index (χ2n) is 5.14. The molecule has 1 aliphatic rings. The lowest BCUT2D eigenvalue weighted by atomic mass is 9.94. The fourth-order valence-electron chi connectivity index (χ4n) is 2.54. The molecule has 0 aromatic heterocycles. The summed E-state index contributed by atoms with van der Waals surface area (Å²) in [5.74, 6) is 0.779. The van der Waals surface area contributed by atoms with E-state index in [1.54, 1.807) is 4.90 Å². The summed E-state index contributed by atoms with van der Waals surface area (Å²) >= 11 is 0. The van der Waals surface area contributed by atoms with E-state index in [4.69, 9.17) is 0 Å². The van der Waals surface area contributed by atoms with Crippen LogP contribution < -0.4 is 10.2 Å². The molecule has 0 atom stereocenters. The number of nitrogens with one attached hydrogen (secondary N) is 1. The monoisotopic (exact) mass is 246 g/mol. The molecule has 1 heterocycles. The molecule has 1 saturated heterocycles. The van der Waals surface area contributed by atoms with Crippen LogP contribution in [0, 0.1) is 12.8 Å². The van der Waals surface area contributed by atoms with Crippen molar-refractivity contribution in [3.05, 3.63) is 29.8 Å².